The molecule has 114 valence electrons. The lowest BCUT2D eigenvalue weighted by Gasteiger charge is -2.24. The van der Waals surface area contributed by atoms with Crippen LogP contribution in [0.1, 0.15) is 32.6 Å². The molecule has 2 fully saturated rings. The number of amides is 1. The van der Waals surface area contributed by atoms with Gasteiger partial charge in [0.2, 0.25) is 5.91 Å². The summed E-state index contributed by atoms with van der Waals surface area (Å²) in [5.41, 5.74) is -0.0855. The number of ether oxygens (including phenoxy) is 1. The smallest absolute Gasteiger partial charge is 0.223 e. The van der Waals surface area contributed by atoms with Crippen LogP contribution in [0.15, 0.2) is 4.99 Å². The Morgan fingerprint density at radius 1 is 1.30 bits per heavy atom. The van der Waals surface area contributed by atoms with Crippen LogP contribution in [-0.4, -0.2) is 50.8 Å². The van der Waals surface area contributed by atoms with Gasteiger partial charge in [-0.1, -0.05) is 0 Å². The highest BCUT2D eigenvalue weighted by atomic mass is 16.5. The van der Waals surface area contributed by atoms with E-state index in [0.717, 1.165) is 44.8 Å². The Morgan fingerprint density at radius 2 is 2.05 bits per heavy atom. The zero-order valence-corrected chi connectivity index (χ0v) is 12.5. The average Bonchev–Trinajstić information content (AvgIpc) is 3.21. The minimum absolute atomic E-state index is 0.0855. The molecule has 1 aliphatic heterocycles. The Morgan fingerprint density at radius 3 is 2.65 bits per heavy atom. The van der Waals surface area contributed by atoms with Gasteiger partial charge in [0.1, 0.15) is 0 Å². The third-order valence-corrected chi connectivity index (χ3v) is 3.82. The maximum absolute atomic E-state index is 11.5. The highest BCUT2D eigenvalue weighted by Crippen LogP contribution is 2.28. The molecule has 0 aromatic carbocycles. The van der Waals surface area contributed by atoms with Crippen LogP contribution < -0.4 is 16.0 Å². The maximum Gasteiger partial charge on any atom is 0.223 e. The van der Waals surface area contributed by atoms with Gasteiger partial charge in [-0.15, -0.1) is 0 Å². The first kappa shape index (κ1) is 15.1. The quantitative estimate of drug-likeness (QED) is 0.371. The van der Waals surface area contributed by atoms with Crippen LogP contribution in [0.2, 0.25) is 0 Å². The van der Waals surface area contributed by atoms with Crippen LogP contribution >= 0.6 is 0 Å². The van der Waals surface area contributed by atoms with Crippen LogP contribution in [-0.2, 0) is 9.53 Å². The van der Waals surface area contributed by atoms with Gasteiger partial charge in [0, 0.05) is 39.2 Å². The predicted molar refractivity (Wildman–Crippen MR) is 78.7 cm³/mol. The summed E-state index contributed by atoms with van der Waals surface area (Å²) in [5, 5.41) is 9.39. The Kier molecular flexibility index (Phi) is 5.23. The molecule has 1 amide bonds. The van der Waals surface area contributed by atoms with Crippen LogP contribution in [0.25, 0.3) is 0 Å². The lowest BCUT2D eigenvalue weighted by atomic mass is 10.0. The first-order chi connectivity index (χ1) is 9.63. The molecule has 0 radical (unpaired) electrons. The Labute approximate surface area is 120 Å². The molecule has 1 saturated heterocycles. The van der Waals surface area contributed by atoms with Gasteiger partial charge in [-0.3, -0.25) is 9.79 Å². The summed E-state index contributed by atoms with van der Waals surface area (Å²) in [6.45, 7) is 5.02. The second kappa shape index (κ2) is 6.92. The molecule has 0 aromatic rings. The molecule has 2 aliphatic rings. The van der Waals surface area contributed by atoms with Gasteiger partial charge >= 0.3 is 0 Å². The third-order valence-electron chi connectivity index (χ3n) is 3.82. The molecule has 2 rings (SSSR count). The number of carbonyl (C=O) groups is 1. The molecule has 0 bridgehead atoms. The normalized spacial score (nSPS) is 26.4. The molecular formula is C14H26N4O2. The van der Waals surface area contributed by atoms with E-state index in [0.29, 0.717) is 13.1 Å². The van der Waals surface area contributed by atoms with E-state index in [9.17, 15) is 4.79 Å². The zero-order chi connectivity index (χ0) is 14.4. The number of hydrogen-bond donors (Lipinski definition) is 3. The summed E-state index contributed by atoms with van der Waals surface area (Å²) in [6, 6.07) is 0. The Bertz CT molecular complexity index is 360. The van der Waals surface area contributed by atoms with Gasteiger partial charge in [0.25, 0.3) is 0 Å². The summed E-state index contributed by atoms with van der Waals surface area (Å²) in [7, 11) is 1.75. The lowest BCUT2D eigenvalue weighted by molar-refractivity contribution is -0.122. The highest BCUT2D eigenvalue weighted by molar-refractivity contribution is 5.81. The van der Waals surface area contributed by atoms with Gasteiger partial charge in [-0.25, -0.2) is 0 Å². The number of carbonyl (C=O) groups excluding carboxylic acids is 1. The summed E-state index contributed by atoms with van der Waals surface area (Å²) >= 11 is 0. The third kappa shape index (κ3) is 4.67. The fraction of sp³-hybridized carbons (Fsp3) is 0.857. The number of nitrogens with one attached hydrogen (secondary N) is 3. The van der Waals surface area contributed by atoms with Crippen molar-refractivity contribution in [3.63, 3.8) is 0 Å². The minimum Gasteiger partial charge on any atom is -0.373 e. The van der Waals surface area contributed by atoms with Crippen molar-refractivity contribution in [1.29, 1.82) is 0 Å². The van der Waals surface area contributed by atoms with E-state index in [1.54, 1.807) is 7.05 Å². The van der Waals surface area contributed by atoms with Crippen LogP contribution in [0.5, 0.6) is 0 Å². The average molecular weight is 282 g/mol. The molecular weight excluding hydrogens is 256 g/mol. The van der Waals surface area contributed by atoms with E-state index in [4.69, 9.17) is 4.74 Å². The number of rotatable bonds is 6. The van der Waals surface area contributed by atoms with Crippen molar-refractivity contribution in [1.82, 2.24) is 16.0 Å². The van der Waals surface area contributed by atoms with Crippen molar-refractivity contribution in [2.75, 3.05) is 33.3 Å². The van der Waals surface area contributed by atoms with E-state index in [1.165, 1.54) is 0 Å². The summed E-state index contributed by atoms with van der Waals surface area (Å²) in [6.07, 6.45) is 4.29. The van der Waals surface area contributed by atoms with Gasteiger partial charge in [0.05, 0.1) is 5.60 Å². The van der Waals surface area contributed by atoms with Crippen molar-refractivity contribution < 1.29 is 9.53 Å². The minimum atomic E-state index is -0.0855. The number of guanidine groups is 1. The fourth-order valence-corrected chi connectivity index (χ4v) is 2.32. The predicted octanol–water partition coefficient (Wildman–Crippen LogP) is 0.247. The Hall–Kier alpha value is -1.30. The van der Waals surface area contributed by atoms with Crippen LogP contribution in [0, 0.1) is 5.92 Å². The number of aliphatic imine (C=N–C) groups is 1. The molecule has 6 nitrogen and oxygen atoms in total. The fourth-order valence-electron chi connectivity index (χ4n) is 2.32. The largest absolute Gasteiger partial charge is 0.373 e. The molecule has 20 heavy (non-hydrogen) atoms. The van der Waals surface area contributed by atoms with Crippen molar-refractivity contribution in [3.05, 3.63) is 0 Å². The molecule has 1 heterocycles. The standard InChI is InChI=1S/C14H26N4O2/c1-14(6-3-9-20-14)10-18-13(15-2)17-8-7-16-12(19)11-4-5-11/h11H,3-10H2,1-2H3,(H,16,19)(H2,15,17,18). The monoisotopic (exact) mass is 282 g/mol. The van der Waals surface area contributed by atoms with E-state index < -0.39 is 0 Å². The van der Waals surface area contributed by atoms with Crippen molar-refractivity contribution >= 4 is 11.9 Å². The summed E-state index contributed by atoms with van der Waals surface area (Å²) in [4.78, 5) is 15.6. The molecule has 1 saturated carbocycles. The highest BCUT2D eigenvalue weighted by Gasteiger charge is 2.30. The molecule has 0 aromatic heterocycles. The zero-order valence-electron chi connectivity index (χ0n) is 12.5. The number of hydrogen-bond acceptors (Lipinski definition) is 3. The van der Waals surface area contributed by atoms with E-state index in [1.807, 2.05) is 0 Å². The maximum atomic E-state index is 11.5. The molecule has 1 aliphatic carbocycles. The molecule has 1 unspecified atom stereocenters. The van der Waals surface area contributed by atoms with Crippen LogP contribution in [0.4, 0.5) is 0 Å². The first-order valence-corrected chi connectivity index (χ1v) is 7.49. The van der Waals surface area contributed by atoms with Crippen molar-refractivity contribution in [2.45, 2.75) is 38.2 Å². The van der Waals surface area contributed by atoms with Crippen molar-refractivity contribution in [3.8, 4) is 0 Å². The summed E-state index contributed by atoms with van der Waals surface area (Å²) < 4.78 is 5.72. The second-order valence-electron chi connectivity index (χ2n) is 5.82. The SMILES string of the molecule is CN=C(NCCNC(=O)C1CC1)NCC1(C)CCCO1. The topological polar surface area (TPSA) is 74.8 Å². The van der Waals surface area contributed by atoms with Gasteiger partial charge < -0.3 is 20.7 Å². The molecule has 6 heteroatoms. The lowest BCUT2D eigenvalue weighted by Crippen LogP contribution is -2.47. The molecule has 3 N–H and O–H groups in total. The Balaban J connectivity index is 1.58. The van der Waals surface area contributed by atoms with E-state index >= 15 is 0 Å². The molecule has 0 spiro atoms. The second-order valence-corrected chi connectivity index (χ2v) is 5.82. The van der Waals surface area contributed by atoms with Crippen LogP contribution in [0.3, 0.4) is 0 Å². The number of nitrogens with zero attached hydrogens (tertiary/aromatic N) is 1. The van der Waals surface area contributed by atoms with Gasteiger partial charge in [-0.2, -0.15) is 0 Å². The van der Waals surface area contributed by atoms with E-state index in [-0.39, 0.29) is 17.4 Å². The van der Waals surface area contributed by atoms with Gasteiger partial charge in [0.15, 0.2) is 5.96 Å². The van der Waals surface area contributed by atoms with Gasteiger partial charge in [-0.05, 0) is 32.6 Å². The van der Waals surface area contributed by atoms with E-state index in [2.05, 4.69) is 27.9 Å². The summed E-state index contributed by atoms with van der Waals surface area (Å²) in [5.74, 6) is 1.20. The first-order valence-electron chi connectivity index (χ1n) is 7.49. The van der Waals surface area contributed by atoms with Crippen molar-refractivity contribution in [2.24, 2.45) is 10.9 Å². The molecule has 1 atom stereocenters.